The van der Waals surface area contributed by atoms with Gasteiger partial charge in [0, 0.05) is 19.1 Å². The summed E-state index contributed by atoms with van der Waals surface area (Å²) >= 11 is 0. The van der Waals surface area contributed by atoms with Crippen LogP contribution in [0, 0.1) is 5.92 Å². The molecule has 2 rings (SSSR count). The molecule has 0 amide bonds. The third kappa shape index (κ3) is 5.17. The van der Waals surface area contributed by atoms with Crippen LogP contribution in [0.25, 0.3) is 0 Å². The molecular weight excluding hydrogens is 288 g/mol. The summed E-state index contributed by atoms with van der Waals surface area (Å²) in [6.07, 6.45) is 3.74. The van der Waals surface area contributed by atoms with Crippen LogP contribution in [0.3, 0.4) is 0 Å². The molecule has 0 aromatic rings. The van der Waals surface area contributed by atoms with E-state index in [-0.39, 0.29) is 6.04 Å². The van der Waals surface area contributed by atoms with Gasteiger partial charge in [-0.1, -0.05) is 6.92 Å². The van der Waals surface area contributed by atoms with Crippen molar-refractivity contribution in [2.24, 2.45) is 5.92 Å². The SMILES string of the molecule is CCNCC1CCN(S(=O)(=O)NC2CCN(C)CC2)CC1. The fourth-order valence-corrected chi connectivity index (χ4v) is 4.61. The fourth-order valence-electron chi connectivity index (χ4n) is 3.11. The molecule has 2 fully saturated rings. The van der Waals surface area contributed by atoms with Crippen LogP contribution < -0.4 is 10.0 Å². The highest BCUT2D eigenvalue weighted by Crippen LogP contribution is 2.19. The monoisotopic (exact) mass is 318 g/mol. The standard InChI is InChI=1S/C14H30N4O2S/c1-3-15-12-13-4-10-18(11-5-13)21(19,20)16-14-6-8-17(2)9-7-14/h13-16H,3-12H2,1-2H3. The molecule has 2 saturated heterocycles. The third-order valence-electron chi connectivity index (χ3n) is 4.63. The summed E-state index contributed by atoms with van der Waals surface area (Å²) in [7, 11) is -1.22. The highest BCUT2D eigenvalue weighted by atomic mass is 32.2. The van der Waals surface area contributed by atoms with Gasteiger partial charge in [-0.2, -0.15) is 17.4 Å². The average molecular weight is 318 g/mol. The Morgan fingerprint density at radius 2 is 1.67 bits per heavy atom. The van der Waals surface area contributed by atoms with E-state index in [0.29, 0.717) is 19.0 Å². The van der Waals surface area contributed by atoms with Crippen molar-refractivity contribution < 1.29 is 8.42 Å². The van der Waals surface area contributed by atoms with Crippen LogP contribution in [-0.2, 0) is 10.2 Å². The molecule has 0 aromatic heterocycles. The van der Waals surface area contributed by atoms with E-state index in [0.717, 1.165) is 51.9 Å². The normalized spacial score (nSPS) is 24.5. The molecule has 0 aromatic carbocycles. The second-order valence-corrected chi connectivity index (χ2v) is 8.05. The zero-order valence-corrected chi connectivity index (χ0v) is 14.2. The first-order valence-corrected chi connectivity index (χ1v) is 9.62. The van der Waals surface area contributed by atoms with Crippen LogP contribution in [0.2, 0.25) is 0 Å². The molecule has 124 valence electrons. The molecule has 6 nitrogen and oxygen atoms in total. The molecule has 2 N–H and O–H groups in total. The van der Waals surface area contributed by atoms with E-state index >= 15 is 0 Å². The molecule has 7 heteroatoms. The van der Waals surface area contributed by atoms with E-state index in [9.17, 15) is 8.42 Å². The van der Waals surface area contributed by atoms with Crippen molar-refractivity contribution in [3.63, 3.8) is 0 Å². The van der Waals surface area contributed by atoms with Crippen molar-refractivity contribution in [3.05, 3.63) is 0 Å². The van der Waals surface area contributed by atoms with Gasteiger partial charge in [0.05, 0.1) is 0 Å². The zero-order valence-electron chi connectivity index (χ0n) is 13.3. The van der Waals surface area contributed by atoms with Crippen LogP contribution in [0.5, 0.6) is 0 Å². The average Bonchev–Trinajstić information content (AvgIpc) is 2.48. The minimum Gasteiger partial charge on any atom is -0.317 e. The second kappa shape index (κ2) is 7.87. The largest absolute Gasteiger partial charge is 0.317 e. The van der Waals surface area contributed by atoms with Gasteiger partial charge in [-0.25, -0.2) is 0 Å². The van der Waals surface area contributed by atoms with Crippen LogP contribution in [0.15, 0.2) is 0 Å². The fraction of sp³-hybridized carbons (Fsp3) is 1.00. The molecule has 0 unspecified atom stereocenters. The molecule has 0 aliphatic carbocycles. The number of hydrogen-bond donors (Lipinski definition) is 2. The Labute approximate surface area is 129 Å². The van der Waals surface area contributed by atoms with Crippen LogP contribution in [0.1, 0.15) is 32.6 Å². The zero-order chi connectivity index (χ0) is 15.3. The van der Waals surface area contributed by atoms with E-state index in [2.05, 4.69) is 28.9 Å². The predicted molar refractivity (Wildman–Crippen MR) is 85.4 cm³/mol. The number of nitrogens with one attached hydrogen (secondary N) is 2. The van der Waals surface area contributed by atoms with Gasteiger partial charge in [-0.15, -0.1) is 0 Å². The first-order valence-electron chi connectivity index (χ1n) is 8.18. The Hall–Kier alpha value is -0.210. The van der Waals surface area contributed by atoms with Crippen molar-refractivity contribution >= 4 is 10.2 Å². The number of rotatable bonds is 6. The minimum atomic E-state index is -3.30. The molecule has 0 radical (unpaired) electrons. The summed E-state index contributed by atoms with van der Waals surface area (Å²) in [5, 5.41) is 3.35. The Kier molecular flexibility index (Phi) is 6.43. The summed E-state index contributed by atoms with van der Waals surface area (Å²) in [6.45, 7) is 7.33. The van der Waals surface area contributed by atoms with Gasteiger partial charge in [0.1, 0.15) is 0 Å². The lowest BCUT2D eigenvalue weighted by Crippen LogP contribution is -2.51. The molecule has 0 spiro atoms. The summed E-state index contributed by atoms with van der Waals surface area (Å²) in [4.78, 5) is 2.25. The van der Waals surface area contributed by atoms with Gasteiger partial charge < -0.3 is 10.2 Å². The van der Waals surface area contributed by atoms with E-state index in [1.54, 1.807) is 4.31 Å². The third-order valence-corrected chi connectivity index (χ3v) is 6.31. The molecule has 2 heterocycles. The Bertz CT molecular complexity index is 399. The van der Waals surface area contributed by atoms with Crippen molar-refractivity contribution in [1.82, 2.24) is 19.2 Å². The van der Waals surface area contributed by atoms with E-state index in [1.165, 1.54) is 0 Å². The van der Waals surface area contributed by atoms with Crippen molar-refractivity contribution in [2.45, 2.75) is 38.6 Å². The molecule has 0 saturated carbocycles. The Morgan fingerprint density at radius 3 is 2.24 bits per heavy atom. The molecule has 2 aliphatic heterocycles. The number of likely N-dealkylation sites (tertiary alicyclic amines) is 1. The summed E-state index contributed by atoms with van der Waals surface area (Å²) in [6, 6.07) is 0.102. The number of hydrogen-bond acceptors (Lipinski definition) is 4. The lowest BCUT2D eigenvalue weighted by molar-refractivity contribution is 0.238. The predicted octanol–water partition coefficient (Wildman–Crippen LogP) is 0.237. The summed E-state index contributed by atoms with van der Waals surface area (Å²) < 4.78 is 29.4. The summed E-state index contributed by atoms with van der Waals surface area (Å²) in [5.74, 6) is 0.611. The van der Waals surface area contributed by atoms with Gasteiger partial charge in [-0.05, 0) is 64.8 Å². The van der Waals surface area contributed by atoms with Crippen LogP contribution in [0.4, 0.5) is 0 Å². The highest BCUT2D eigenvalue weighted by Gasteiger charge is 2.30. The van der Waals surface area contributed by atoms with Crippen molar-refractivity contribution in [1.29, 1.82) is 0 Å². The van der Waals surface area contributed by atoms with Crippen molar-refractivity contribution in [3.8, 4) is 0 Å². The topological polar surface area (TPSA) is 64.7 Å². The minimum absolute atomic E-state index is 0.102. The van der Waals surface area contributed by atoms with E-state index in [1.807, 2.05) is 0 Å². The maximum absolute atomic E-state index is 12.4. The molecule has 0 bridgehead atoms. The number of nitrogens with zero attached hydrogens (tertiary/aromatic N) is 2. The first-order chi connectivity index (χ1) is 10.0. The molecule has 2 aliphatic rings. The lowest BCUT2D eigenvalue weighted by atomic mass is 9.98. The first kappa shape index (κ1) is 17.1. The maximum Gasteiger partial charge on any atom is 0.279 e. The quantitative estimate of drug-likeness (QED) is 0.736. The number of piperidine rings is 2. The van der Waals surface area contributed by atoms with E-state index in [4.69, 9.17) is 0 Å². The smallest absolute Gasteiger partial charge is 0.279 e. The van der Waals surface area contributed by atoms with Crippen LogP contribution >= 0.6 is 0 Å². The molecule has 0 atom stereocenters. The van der Waals surface area contributed by atoms with E-state index < -0.39 is 10.2 Å². The van der Waals surface area contributed by atoms with Gasteiger partial charge in [0.15, 0.2) is 0 Å². The molecule has 21 heavy (non-hydrogen) atoms. The second-order valence-electron chi connectivity index (χ2n) is 6.35. The molecular formula is C14H30N4O2S. The Morgan fingerprint density at radius 1 is 1.05 bits per heavy atom. The summed E-state index contributed by atoms with van der Waals surface area (Å²) in [5.41, 5.74) is 0. The van der Waals surface area contributed by atoms with Crippen LogP contribution in [-0.4, -0.2) is 70.0 Å². The van der Waals surface area contributed by atoms with Crippen molar-refractivity contribution in [2.75, 3.05) is 46.3 Å². The maximum atomic E-state index is 12.4. The van der Waals surface area contributed by atoms with Gasteiger partial charge in [0.2, 0.25) is 0 Å². The lowest BCUT2D eigenvalue weighted by Gasteiger charge is -2.34. The highest BCUT2D eigenvalue weighted by molar-refractivity contribution is 7.87. The van der Waals surface area contributed by atoms with Gasteiger partial charge >= 0.3 is 0 Å². The Balaban J connectivity index is 1.78. The van der Waals surface area contributed by atoms with Gasteiger partial charge in [-0.3, -0.25) is 0 Å². The van der Waals surface area contributed by atoms with Gasteiger partial charge in [0.25, 0.3) is 10.2 Å².